The standard InChI is InChI=1S/C22H25N3O5S/c1-14-4-9-18-19(11-22(26)27)23-25(20(18)10-14)21-13-24(12-15(21)2)31(28,29)17-7-5-16(30-3)6-8-17/h4-10,15,21H,11-13H2,1-3H3,(H,26,27)/t15-,21+/m1/s1. The van der Waals surface area contributed by atoms with E-state index in [2.05, 4.69) is 5.10 Å². The third kappa shape index (κ3) is 3.90. The number of hydrogen-bond acceptors (Lipinski definition) is 5. The Morgan fingerprint density at radius 2 is 1.90 bits per heavy atom. The number of carbonyl (C=O) groups is 1. The fourth-order valence-electron chi connectivity index (χ4n) is 4.16. The van der Waals surface area contributed by atoms with Crippen molar-refractivity contribution < 1.29 is 23.1 Å². The summed E-state index contributed by atoms with van der Waals surface area (Å²) >= 11 is 0. The summed E-state index contributed by atoms with van der Waals surface area (Å²) in [6.07, 6.45) is -0.179. The minimum absolute atomic E-state index is 0.00862. The summed E-state index contributed by atoms with van der Waals surface area (Å²) in [4.78, 5) is 11.5. The van der Waals surface area contributed by atoms with Gasteiger partial charge in [0.05, 0.1) is 35.7 Å². The van der Waals surface area contributed by atoms with Crippen LogP contribution in [0, 0.1) is 12.8 Å². The first-order valence-electron chi connectivity index (χ1n) is 10.0. The average Bonchev–Trinajstić information content (AvgIpc) is 3.28. The van der Waals surface area contributed by atoms with Crippen molar-refractivity contribution in [1.29, 1.82) is 0 Å². The second kappa shape index (κ2) is 7.97. The maximum absolute atomic E-state index is 13.2. The number of carboxylic acids is 1. The van der Waals surface area contributed by atoms with Crippen LogP contribution in [0.3, 0.4) is 0 Å². The van der Waals surface area contributed by atoms with E-state index >= 15 is 0 Å². The number of carboxylic acid groups (broad SMARTS) is 1. The molecular weight excluding hydrogens is 418 g/mol. The lowest BCUT2D eigenvalue weighted by molar-refractivity contribution is -0.136. The van der Waals surface area contributed by atoms with Crippen LogP contribution >= 0.6 is 0 Å². The van der Waals surface area contributed by atoms with Crippen molar-refractivity contribution in [2.24, 2.45) is 5.92 Å². The molecule has 2 heterocycles. The van der Waals surface area contributed by atoms with E-state index in [0.29, 0.717) is 18.0 Å². The summed E-state index contributed by atoms with van der Waals surface area (Å²) in [5.74, 6) is -0.347. The van der Waals surface area contributed by atoms with Gasteiger partial charge in [0, 0.05) is 18.5 Å². The maximum Gasteiger partial charge on any atom is 0.309 e. The van der Waals surface area contributed by atoms with Crippen LogP contribution in [0.1, 0.15) is 24.2 Å². The quantitative estimate of drug-likeness (QED) is 0.629. The van der Waals surface area contributed by atoms with Gasteiger partial charge in [0.15, 0.2) is 0 Å². The van der Waals surface area contributed by atoms with Gasteiger partial charge in [-0.3, -0.25) is 9.48 Å². The third-order valence-corrected chi connectivity index (χ3v) is 7.65. The summed E-state index contributed by atoms with van der Waals surface area (Å²) < 4.78 is 34.8. The van der Waals surface area contributed by atoms with Gasteiger partial charge in [0.25, 0.3) is 0 Å². The fourth-order valence-corrected chi connectivity index (χ4v) is 5.72. The Bertz CT molecular complexity index is 1230. The highest BCUT2D eigenvalue weighted by Gasteiger charge is 2.39. The average molecular weight is 444 g/mol. The van der Waals surface area contributed by atoms with E-state index in [1.54, 1.807) is 24.3 Å². The summed E-state index contributed by atoms with van der Waals surface area (Å²) in [6, 6.07) is 11.9. The number of fused-ring (bicyclic) bond motifs is 1. The first kappa shape index (κ1) is 21.3. The number of ether oxygens (including phenoxy) is 1. The molecule has 0 spiro atoms. The lowest BCUT2D eigenvalue weighted by Crippen LogP contribution is -2.29. The summed E-state index contributed by atoms with van der Waals surface area (Å²) in [7, 11) is -2.14. The van der Waals surface area contributed by atoms with E-state index in [4.69, 9.17) is 4.74 Å². The molecule has 0 unspecified atom stereocenters. The lowest BCUT2D eigenvalue weighted by atomic mass is 10.1. The van der Waals surface area contributed by atoms with Crippen molar-refractivity contribution in [3.63, 3.8) is 0 Å². The summed E-state index contributed by atoms with van der Waals surface area (Å²) in [5, 5.41) is 14.7. The Labute approximate surface area is 181 Å². The zero-order valence-electron chi connectivity index (χ0n) is 17.6. The molecule has 1 N–H and O–H groups in total. The topological polar surface area (TPSA) is 102 Å². The summed E-state index contributed by atoms with van der Waals surface area (Å²) in [6.45, 7) is 4.59. The van der Waals surface area contributed by atoms with Crippen molar-refractivity contribution in [2.45, 2.75) is 31.2 Å². The Morgan fingerprint density at radius 1 is 1.19 bits per heavy atom. The molecule has 0 radical (unpaired) electrons. The largest absolute Gasteiger partial charge is 0.497 e. The Hall–Kier alpha value is -2.91. The molecule has 0 saturated carbocycles. The molecular formula is C22H25N3O5S. The SMILES string of the molecule is COc1ccc(S(=O)(=O)N2C[C@@H](C)[C@@H](n3nc(CC(=O)O)c4ccc(C)cc43)C2)cc1. The molecule has 2 aromatic carbocycles. The molecule has 1 fully saturated rings. The molecule has 1 aliphatic rings. The van der Waals surface area contributed by atoms with Gasteiger partial charge in [0.2, 0.25) is 10.0 Å². The highest BCUT2D eigenvalue weighted by Crippen LogP contribution is 2.35. The number of methoxy groups -OCH3 is 1. The first-order valence-corrected chi connectivity index (χ1v) is 11.5. The predicted octanol–water partition coefficient (Wildman–Crippen LogP) is 2.86. The number of hydrogen-bond donors (Lipinski definition) is 1. The Kier molecular flexibility index (Phi) is 5.49. The van der Waals surface area contributed by atoms with Crippen LogP contribution in [0.25, 0.3) is 10.9 Å². The second-order valence-electron chi connectivity index (χ2n) is 8.02. The van der Waals surface area contributed by atoms with Crippen LogP contribution in [-0.2, 0) is 21.2 Å². The smallest absolute Gasteiger partial charge is 0.309 e. The molecule has 0 aliphatic carbocycles. The molecule has 4 rings (SSSR count). The minimum Gasteiger partial charge on any atom is -0.497 e. The zero-order chi connectivity index (χ0) is 22.3. The van der Waals surface area contributed by atoms with E-state index in [0.717, 1.165) is 16.5 Å². The first-order chi connectivity index (χ1) is 14.7. The van der Waals surface area contributed by atoms with Crippen molar-refractivity contribution in [2.75, 3.05) is 20.2 Å². The van der Waals surface area contributed by atoms with Crippen molar-refractivity contribution in [1.82, 2.24) is 14.1 Å². The van der Waals surface area contributed by atoms with E-state index in [-0.39, 0.29) is 29.8 Å². The molecule has 2 atom stereocenters. The number of aromatic nitrogens is 2. The molecule has 9 heteroatoms. The van der Waals surface area contributed by atoms with Crippen molar-refractivity contribution >= 4 is 26.9 Å². The molecule has 0 bridgehead atoms. The van der Waals surface area contributed by atoms with Gasteiger partial charge in [-0.25, -0.2) is 8.42 Å². The normalized spacial score (nSPS) is 19.7. The number of benzene rings is 2. The van der Waals surface area contributed by atoms with E-state index in [9.17, 15) is 18.3 Å². The van der Waals surface area contributed by atoms with Gasteiger partial charge in [-0.05, 0) is 48.7 Å². The molecule has 3 aromatic rings. The molecule has 0 amide bonds. The van der Waals surface area contributed by atoms with Crippen LogP contribution < -0.4 is 4.74 Å². The van der Waals surface area contributed by atoms with Gasteiger partial charge in [-0.15, -0.1) is 0 Å². The number of aryl methyl sites for hydroxylation is 1. The van der Waals surface area contributed by atoms with Gasteiger partial charge in [0.1, 0.15) is 5.75 Å². The Balaban J connectivity index is 1.69. The minimum atomic E-state index is -3.67. The van der Waals surface area contributed by atoms with Crippen molar-refractivity contribution in [3.05, 3.63) is 53.7 Å². The monoisotopic (exact) mass is 443 g/mol. The van der Waals surface area contributed by atoms with Crippen molar-refractivity contribution in [3.8, 4) is 5.75 Å². The van der Waals surface area contributed by atoms with Gasteiger partial charge < -0.3 is 9.84 Å². The fraction of sp³-hybridized carbons (Fsp3) is 0.364. The lowest BCUT2D eigenvalue weighted by Gasteiger charge is -2.18. The predicted molar refractivity (Wildman–Crippen MR) is 116 cm³/mol. The van der Waals surface area contributed by atoms with Gasteiger partial charge in [-0.1, -0.05) is 19.1 Å². The molecule has 1 saturated heterocycles. The molecule has 1 aliphatic heterocycles. The molecule has 31 heavy (non-hydrogen) atoms. The van der Waals surface area contributed by atoms with E-state index in [1.807, 2.05) is 36.7 Å². The number of rotatable bonds is 6. The molecule has 1 aromatic heterocycles. The highest BCUT2D eigenvalue weighted by molar-refractivity contribution is 7.89. The zero-order valence-corrected chi connectivity index (χ0v) is 18.5. The Morgan fingerprint density at radius 3 is 2.55 bits per heavy atom. The van der Waals surface area contributed by atoms with Crippen LogP contribution in [0.4, 0.5) is 0 Å². The highest BCUT2D eigenvalue weighted by atomic mass is 32.2. The van der Waals surface area contributed by atoms with E-state index < -0.39 is 16.0 Å². The summed E-state index contributed by atoms with van der Waals surface area (Å²) in [5.41, 5.74) is 2.35. The van der Waals surface area contributed by atoms with Gasteiger partial charge in [-0.2, -0.15) is 9.40 Å². The maximum atomic E-state index is 13.2. The molecule has 8 nitrogen and oxygen atoms in total. The van der Waals surface area contributed by atoms with Crippen LogP contribution in [0.15, 0.2) is 47.4 Å². The number of aliphatic carboxylic acids is 1. The second-order valence-corrected chi connectivity index (χ2v) is 9.96. The van der Waals surface area contributed by atoms with Crippen LogP contribution in [0.2, 0.25) is 0 Å². The number of nitrogens with zero attached hydrogens (tertiary/aromatic N) is 3. The van der Waals surface area contributed by atoms with E-state index in [1.165, 1.54) is 11.4 Å². The number of sulfonamides is 1. The van der Waals surface area contributed by atoms with Gasteiger partial charge >= 0.3 is 5.97 Å². The molecule has 164 valence electrons. The third-order valence-electron chi connectivity index (χ3n) is 5.81. The van der Waals surface area contributed by atoms with Crippen LogP contribution in [-0.4, -0.2) is 53.8 Å². The van der Waals surface area contributed by atoms with Crippen LogP contribution in [0.5, 0.6) is 5.75 Å².